The third kappa shape index (κ3) is 6.41. The van der Waals surface area contributed by atoms with Gasteiger partial charge in [0, 0.05) is 26.2 Å². The first-order valence-corrected chi connectivity index (χ1v) is 7.80. The normalized spacial score (nSPS) is 15.5. The van der Waals surface area contributed by atoms with Gasteiger partial charge in [0.1, 0.15) is 5.82 Å². The van der Waals surface area contributed by atoms with Gasteiger partial charge in [0.05, 0.1) is 13.2 Å². The van der Waals surface area contributed by atoms with Crippen molar-refractivity contribution < 1.29 is 13.9 Å². The molecule has 1 aromatic carbocycles. The second-order valence-electron chi connectivity index (χ2n) is 5.37. The van der Waals surface area contributed by atoms with E-state index < -0.39 is 0 Å². The van der Waals surface area contributed by atoms with E-state index in [1.165, 1.54) is 12.1 Å². The smallest absolute Gasteiger partial charge is 0.314 e. The quantitative estimate of drug-likeness (QED) is 0.749. The molecule has 1 heterocycles. The second kappa shape index (κ2) is 9.38. The summed E-state index contributed by atoms with van der Waals surface area (Å²) in [7, 11) is 0. The number of amides is 2. The number of carbonyl (C=O) groups is 1. The van der Waals surface area contributed by atoms with Gasteiger partial charge in [0.15, 0.2) is 0 Å². The minimum Gasteiger partial charge on any atom is -0.379 e. The molecule has 2 rings (SSSR count). The summed E-state index contributed by atoms with van der Waals surface area (Å²) in [5, 5.41) is 5.62. The fourth-order valence-corrected chi connectivity index (χ4v) is 2.40. The number of benzene rings is 1. The predicted octanol–water partition coefficient (Wildman–Crippen LogP) is 1.39. The lowest BCUT2D eigenvalue weighted by Gasteiger charge is -2.26. The maximum absolute atomic E-state index is 13.0. The van der Waals surface area contributed by atoms with Crippen LogP contribution in [0.1, 0.15) is 12.0 Å². The third-order valence-electron chi connectivity index (χ3n) is 3.63. The highest BCUT2D eigenvalue weighted by Gasteiger charge is 2.09. The van der Waals surface area contributed by atoms with Gasteiger partial charge in [-0.2, -0.15) is 0 Å². The molecule has 0 aromatic heterocycles. The number of hydrogen-bond donors (Lipinski definition) is 2. The maximum atomic E-state index is 13.0. The number of morpholine rings is 1. The highest BCUT2D eigenvalue weighted by Crippen LogP contribution is 2.03. The Hall–Kier alpha value is -1.66. The first-order valence-electron chi connectivity index (χ1n) is 7.80. The zero-order chi connectivity index (χ0) is 15.6. The molecule has 0 bridgehead atoms. The van der Waals surface area contributed by atoms with Crippen molar-refractivity contribution in [1.82, 2.24) is 15.5 Å². The van der Waals surface area contributed by atoms with E-state index in [4.69, 9.17) is 4.74 Å². The number of urea groups is 1. The average molecular weight is 309 g/mol. The number of ether oxygens (including phenoxy) is 1. The van der Waals surface area contributed by atoms with E-state index in [-0.39, 0.29) is 11.8 Å². The van der Waals surface area contributed by atoms with E-state index >= 15 is 0 Å². The van der Waals surface area contributed by atoms with Gasteiger partial charge in [0.25, 0.3) is 0 Å². The van der Waals surface area contributed by atoms with Crippen LogP contribution in [-0.2, 0) is 11.2 Å². The van der Waals surface area contributed by atoms with Gasteiger partial charge in [0.2, 0.25) is 0 Å². The van der Waals surface area contributed by atoms with Crippen LogP contribution >= 0.6 is 0 Å². The number of halogens is 1. The van der Waals surface area contributed by atoms with Crippen LogP contribution in [0.25, 0.3) is 0 Å². The van der Waals surface area contributed by atoms with Gasteiger partial charge in [-0.05, 0) is 37.1 Å². The van der Waals surface area contributed by atoms with E-state index in [2.05, 4.69) is 15.5 Å². The summed E-state index contributed by atoms with van der Waals surface area (Å²) in [6.07, 6.45) is 1.55. The lowest BCUT2D eigenvalue weighted by molar-refractivity contribution is 0.0375. The summed E-state index contributed by atoms with van der Waals surface area (Å²) >= 11 is 0. The van der Waals surface area contributed by atoms with Crippen molar-refractivity contribution in [3.63, 3.8) is 0 Å². The topological polar surface area (TPSA) is 53.6 Å². The van der Waals surface area contributed by atoms with E-state index in [1.807, 2.05) is 6.07 Å². The Labute approximate surface area is 130 Å². The molecule has 2 amide bonds. The van der Waals surface area contributed by atoms with Gasteiger partial charge in [-0.3, -0.25) is 4.90 Å². The number of nitrogens with one attached hydrogen (secondary N) is 2. The van der Waals surface area contributed by atoms with Crippen molar-refractivity contribution in [3.05, 3.63) is 35.6 Å². The van der Waals surface area contributed by atoms with Gasteiger partial charge < -0.3 is 15.4 Å². The molecule has 6 heteroatoms. The van der Waals surface area contributed by atoms with E-state index in [0.29, 0.717) is 19.5 Å². The molecule has 1 saturated heterocycles. The summed E-state index contributed by atoms with van der Waals surface area (Å²) in [4.78, 5) is 14.0. The SMILES string of the molecule is O=C(NCCCN1CCOCC1)NCCc1cccc(F)c1. The Morgan fingerprint density at radius 1 is 1.23 bits per heavy atom. The second-order valence-corrected chi connectivity index (χ2v) is 5.37. The van der Waals surface area contributed by atoms with Crippen molar-refractivity contribution in [2.75, 3.05) is 45.9 Å². The zero-order valence-electron chi connectivity index (χ0n) is 12.8. The van der Waals surface area contributed by atoms with Crippen molar-refractivity contribution in [3.8, 4) is 0 Å². The highest BCUT2D eigenvalue weighted by molar-refractivity contribution is 5.73. The van der Waals surface area contributed by atoms with Gasteiger partial charge in [-0.15, -0.1) is 0 Å². The summed E-state index contributed by atoms with van der Waals surface area (Å²) < 4.78 is 18.3. The van der Waals surface area contributed by atoms with Gasteiger partial charge in [-0.1, -0.05) is 12.1 Å². The van der Waals surface area contributed by atoms with Crippen LogP contribution in [0.3, 0.4) is 0 Å². The molecule has 0 unspecified atom stereocenters. The molecule has 0 saturated carbocycles. The predicted molar refractivity (Wildman–Crippen MR) is 83.4 cm³/mol. The Balaban J connectivity index is 1.50. The maximum Gasteiger partial charge on any atom is 0.314 e. The third-order valence-corrected chi connectivity index (χ3v) is 3.63. The Kier molecular flexibility index (Phi) is 7.12. The van der Waals surface area contributed by atoms with Crippen LogP contribution in [0.2, 0.25) is 0 Å². The van der Waals surface area contributed by atoms with Crippen LogP contribution in [0, 0.1) is 5.82 Å². The molecule has 22 heavy (non-hydrogen) atoms. The summed E-state index contributed by atoms with van der Waals surface area (Å²) in [5.41, 5.74) is 0.882. The number of hydrogen-bond acceptors (Lipinski definition) is 3. The Morgan fingerprint density at radius 2 is 2.00 bits per heavy atom. The molecular weight excluding hydrogens is 285 g/mol. The van der Waals surface area contributed by atoms with Crippen LogP contribution in [-0.4, -0.2) is 56.9 Å². The summed E-state index contributed by atoms with van der Waals surface area (Å²) in [6, 6.07) is 6.26. The number of carbonyl (C=O) groups excluding carboxylic acids is 1. The van der Waals surface area contributed by atoms with E-state index in [9.17, 15) is 9.18 Å². The van der Waals surface area contributed by atoms with Crippen LogP contribution < -0.4 is 10.6 Å². The minimum absolute atomic E-state index is 0.168. The molecule has 5 nitrogen and oxygen atoms in total. The van der Waals surface area contributed by atoms with Gasteiger partial charge in [-0.25, -0.2) is 9.18 Å². The summed E-state index contributed by atoms with van der Waals surface area (Å²) in [6.45, 7) is 5.68. The molecular formula is C16H24FN3O2. The van der Waals surface area contributed by atoms with Crippen molar-refractivity contribution in [1.29, 1.82) is 0 Å². The molecule has 1 aliphatic heterocycles. The van der Waals surface area contributed by atoms with E-state index in [1.54, 1.807) is 6.07 Å². The zero-order valence-corrected chi connectivity index (χ0v) is 12.8. The minimum atomic E-state index is -0.245. The van der Waals surface area contributed by atoms with E-state index in [0.717, 1.165) is 44.8 Å². The molecule has 2 N–H and O–H groups in total. The first kappa shape index (κ1) is 16.7. The van der Waals surface area contributed by atoms with Crippen molar-refractivity contribution in [2.24, 2.45) is 0 Å². The molecule has 0 aliphatic carbocycles. The monoisotopic (exact) mass is 309 g/mol. The molecule has 122 valence electrons. The van der Waals surface area contributed by atoms with Crippen molar-refractivity contribution in [2.45, 2.75) is 12.8 Å². The molecule has 0 atom stereocenters. The highest BCUT2D eigenvalue weighted by atomic mass is 19.1. The van der Waals surface area contributed by atoms with Gasteiger partial charge >= 0.3 is 6.03 Å². The fraction of sp³-hybridized carbons (Fsp3) is 0.562. The standard InChI is InChI=1S/C16H24FN3O2/c17-15-4-1-3-14(13-15)5-7-19-16(21)18-6-2-8-20-9-11-22-12-10-20/h1,3-4,13H,2,5-12H2,(H2,18,19,21). The number of rotatable bonds is 7. The first-order chi connectivity index (χ1) is 10.7. The number of nitrogens with zero attached hydrogens (tertiary/aromatic N) is 1. The molecule has 0 spiro atoms. The molecule has 1 fully saturated rings. The molecule has 1 aliphatic rings. The van der Waals surface area contributed by atoms with Crippen LogP contribution in [0.4, 0.5) is 9.18 Å². The molecule has 0 radical (unpaired) electrons. The Morgan fingerprint density at radius 3 is 2.77 bits per heavy atom. The summed E-state index contributed by atoms with van der Waals surface area (Å²) in [5.74, 6) is -0.245. The lowest BCUT2D eigenvalue weighted by Crippen LogP contribution is -2.40. The fourth-order valence-electron chi connectivity index (χ4n) is 2.40. The largest absolute Gasteiger partial charge is 0.379 e. The van der Waals surface area contributed by atoms with Crippen LogP contribution in [0.15, 0.2) is 24.3 Å². The van der Waals surface area contributed by atoms with Crippen molar-refractivity contribution >= 4 is 6.03 Å². The van der Waals surface area contributed by atoms with Crippen LogP contribution in [0.5, 0.6) is 0 Å². The average Bonchev–Trinajstić information content (AvgIpc) is 2.53. The lowest BCUT2D eigenvalue weighted by atomic mass is 10.1. The molecule has 1 aromatic rings. The Bertz CT molecular complexity index is 464.